The highest BCUT2D eigenvalue weighted by molar-refractivity contribution is 7.92. The molecule has 0 amide bonds. The molecule has 0 spiro atoms. The summed E-state index contributed by atoms with van der Waals surface area (Å²) in [7, 11) is -5.29. The van der Waals surface area contributed by atoms with E-state index in [1.54, 1.807) is 0 Å². The van der Waals surface area contributed by atoms with Crippen molar-refractivity contribution in [2.45, 2.75) is 9.79 Å². The summed E-state index contributed by atoms with van der Waals surface area (Å²) in [5.74, 6) is 0. The molecule has 0 aliphatic carbocycles. The second-order valence-electron chi connectivity index (χ2n) is 4.28. The molecule has 0 fully saturated rings. The van der Waals surface area contributed by atoms with Gasteiger partial charge in [-0.1, -0.05) is 34.8 Å². The lowest BCUT2D eigenvalue weighted by atomic mass is 10.3. The van der Waals surface area contributed by atoms with E-state index in [-0.39, 0.29) is 20.6 Å². The van der Waals surface area contributed by atoms with Gasteiger partial charge in [0, 0.05) is 11.3 Å². The van der Waals surface area contributed by atoms with E-state index in [2.05, 4.69) is 4.72 Å². The lowest BCUT2D eigenvalue weighted by Crippen LogP contribution is -2.14. The number of halogens is 3. The lowest BCUT2D eigenvalue weighted by molar-refractivity contribution is 0.601. The van der Waals surface area contributed by atoms with Crippen molar-refractivity contribution in [3.05, 3.63) is 51.5 Å². The van der Waals surface area contributed by atoms with Gasteiger partial charge in [-0.2, -0.15) is 0 Å². The van der Waals surface area contributed by atoms with Crippen LogP contribution in [0.15, 0.2) is 46.2 Å². The van der Waals surface area contributed by atoms with Crippen LogP contribution in [0.25, 0.3) is 0 Å². The zero-order valence-electron chi connectivity index (χ0n) is 11.1. The van der Waals surface area contributed by atoms with Gasteiger partial charge >= 0.3 is 0 Å². The molecule has 0 aromatic heterocycles. The van der Waals surface area contributed by atoms with Gasteiger partial charge in [0.1, 0.15) is 0 Å². The highest BCUT2D eigenvalue weighted by Crippen LogP contribution is 2.29. The van der Waals surface area contributed by atoms with E-state index in [4.69, 9.17) is 34.8 Å². The number of hydrogen-bond acceptors (Lipinski definition) is 3. The standard InChI is InChI=1S/C13H10Cl3NO3S2/c1-21(18)13-5-2-8(14)6-12(13)17-22(19,20)9-3-4-10(15)11(16)7-9/h2-7,17H,1H3. The molecule has 0 aliphatic heterocycles. The molecule has 9 heteroatoms. The van der Waals surface area contributed by atoms with Gasteiger partial charge in [0.15, 0.2) is 0 Å². The molecular formula is C13H10Cl3NO3S2. The normalized spacial score (nSPS) is 12.9. The molecule has 0 heterocycles. The zero-order chi connectivity index (χ0) is 16.5. The lowest BCUT2D eigenvalue weighted by Gasteiger charge is -2.12. The molecule has 1 unspecified atom stereocenters. The fourth-order valence-corrected chi connectivity index (χ4v) is 4.06. The maximum Gasteiger partial charge on any atom is 0.261 e. The minimum Gasteiger partial charge on any atom is -0.278 e. The summed E-state index contributed by atoms with van der Waals surface area (Å²) in [5.41, 5.74) is 0.152. The Hall–Kier alpha value is -0.790. The molecule has 2 rings (SSSR count). The van der Waals surface area contributed by atoms with Crippen molar-refractivity contribution in [3.8, 4) is 0 Å². The Morgan fingerprint density at radius 3 is 2.27 bits per heavy atom. The average molecular weight is 399 g/mol. The smallest absolute Gasteiger partial charge is 0.261 e. The van der Waals surface area contributed by atoms with Crippen LogP contribution in [-0.2, 0) is 20.8 Å². The summed E-state index contributed by atoms with van der Waals surface area (Å²) in [6, 6.07) is 8.38. The number of rotatable bonds is 4. The van der Waals surface area contributed by atoms with Gasteiger partial charge in [0.2, 0.25) is 0 Å². The second-order valence-corrected chi connectivity index (χ2v) is 8.56. The van der Waals surface area contributed by atoms with Crippen molar-refractivity contribution >= 4 is 61.3 Å². The molecule has 2 aromatic rings. The number of benzene rings is 2. The first-order chi connectivity index (χ1) is 10.2. The first-order valence-electron chi connectivity index (χ1n) is 5.81. The summed E-state index contributed by atoms with van der Waals surface area (Å²) in [5, 5.41) is 0.690. The largest absolute Gasteiger partial charge is 0.278 e. The van der Waals surface area contributed by atoms with Crippen molar-refractivity contribution in [2.75, 3.05) is 11.0 Å². The van der Waals surface area contributed by atoms with Crippen LogP contribution >= 0.6 is 34.8 Å². The SMILES string of the molecule is CS(=O)c1ccc(Cl)cc1NS(=O)(=O)c1ccc(Cl)c(Cl)c1. The van der Waals surface area contributed by atoms with Gasteiger partial charge in [-0.15, -0.1) is 0 Å². The van der Waals surface area contributed by atoms with Crippen molar-refractivity contribution in [3.63, 3.8) is 0 Å². The van der Waals surface area contributed by atoms with E-state index < -0.39 is 20.8 Å². The summed E-state index contributed by atoms with van der Waals surface area (Å²) in [6.45, 7) is 0. The van der Waals surface area contributed by atoms with Crippen LogP contribution < -0.4 is 4.72 Å². The van der Waals surface area contributed by atoms with Gasteiger partial charge in [-0.3, -0.25) is 8.93 Å². The Kier molecular flexibility index (Phi) is 5.40. The molecular weight excluding hydrogens is 389 g/mol. The summed E-state index contributed by atoms with van der Waals surface area (Å²) >= 11 is 17.5. The van der Waals surface area contributed by atoms with E-state index in [1.807, 2.05) is 0 Å². The third-order valence-electron chi connectivity index (χ3n) is 2.70. The Morgan fingerprint density at radius 2 is 1.68 bits per heavy atom. The van der Waals surface area contributed by atoms with Crippen LogP contribution in [0, 0.1) is 0 Å². The van der Waals surface area contributed by atoms with Crippen LogP contribution in [0.1, 0.15) is 0 Å². The average Bonchev–Trinajstić information content (AvgIpc) is 2.41. The van der Waals surface area contributed by atoms with Crippen LogP contribution in [0.5, 0.6) is 0 Å². The zero-order valence-corrected chi connectivity index (χ0v) is 15.0. The fraction of sp³-hybridized carbons (Fsp3) is 0.0769. The molecule has 0 radical (unpaired) electrons. The third kappa shape index (κ3) is 3.94. The van der Waals surface area contributed by atoms with Crippen molar-refractivity contribution in [1.29, 1.82) is 0 Å². The maximum atomic E-state index is 12.4. The molecule has 118 valence electrons. The molecule has 1 N–H and O–H groups in total. The Balaban J connectivity index is 2.47. The summed E-state index contributed by atoms with van der Waals surface area (Å²) in [4.78, 5) is 0.266. The number of anilines is 1. The quantitative estimate of drug-likeness (QED) is 0.840. The Labute approximate surface area is 145 Å². The number of sulfonamides is 1. The van der Waals surface area contributed by atoms with E-state index in [9.17, 15) is 12.6 Å². The highest BCUT2D eigenvalue weighted by atomic mass is 35.5. The topological polar surface area (TPSA) is 63.2 Å². The Morgan fingerprint density at radius 1 is 1.00 bits per heavy atom. The van der Waals surface area contributed by atoms with Crippen molar-refractivity contribution < 1.29 is 12.6 Å². The van der Waals surface area contributed by atoms with Crippen LogP contribution in [0.2, 0.25) is 15.1 Å². The highest BCUT2D eigenvalue weighted by Gasteiger charge is 2.18. The van der Waals surface area contributed by atoms with Gasteiger partial charge in [-0.05, 0) is 36.4 Å². The first kappa shape index (κ1) is 17.6. The molecule has 2 aromatic carbocycles. The molecule has 0 saturated carbocycles. The second kappa shape index (κ2) is 6.76. The molecule has 1 atom stereocenters. The Bertz CT molecular complexity index is 854. The van der Waals surface area contributed by atoms with Crippen molar-refractivity contribution in [2.24, 2.45) is 0 Å². The summed E-state index contributed by atoms with van der Waals surface area (Å²) in [6.07, 6.45) is 1.44. The van der Waals surface area contributed by atoms with Crippen LogP contribution in [-0.4, -0.2) is 18.9 Å². The van der Waals surface area contributed by atoms with E-state index in [0.717, 1.165) is 0 Å². The number of hydrogen-bond donors (Lipinski definition) is 1. The van der Waals surface area contributed by atoms with Gasteiger partial charge in [-0.25, -0.2) is 8.42 Å². The minimum absolute atomic E-state index is 0.0605. The molecule has 0 saturated heterocycles. The minimum atomic E-state index is -3.91. The predicted octanol–water partition coefficient (Wildman–Crippen LogP) is 4.19. The first-order valence-corrected chi connectivity index (χ1v) is 9.99. The van der Waals surface area contributed by atoms with Gasteiger partial charge in [0.25, 0.3) is 10.0 Å². The van der Waals surface area contributed by atoms with Crippen LogP contribution in [0.4, 0.5) is 5.69 Å². The number of nitrogens with one attached hydrogen (secondary N) is 1. The third-order valence-corrected chi connectivity index (χ3v) is 6.01. The molecule has 22 heavy (non-hydrogen) atoms. The molecule has 0 bridgehead atoms. The molecule has 4 nitrogen and oxygen atoms in total. The predicted molar refractivity (Wildman–Crippen MR) is 91.1 cm³/mol. The molecule has 0 aliphatic rings. The monoisotopic (exact) mass is 397 g/mol. The van der Waals surface area contributed by atoms with E-state index in [0.29, 0.717) is 9.92 Å². The van der Waals surface area contributed by atoms with Crippen LogP contribution in [0.3, 0.4) is 0 Å². The van der Waals surface area contributed by atoms with E-state index in [1.165, 1.54) is 42.7 Å². The van der Waals surface area contributed by atoms with Gasteiger partial charge in [0.05, 0.1) is 36.3 Å². The maximum absolute atomic E-state index is 12.4. The summed E-state index contributed by atoms with van der Waals surface area (Å²) < 4.78 is 38.9. The van der Waals surface area contributed by atoms with Crippen molar-refractivity contribution in [1.82, 2.24) is 0 Å². The van der Waals surface area contributed by atoms with Gasteiger partial charge < -0.3 is 0 Å². The van der Waals surface area contributed by atoms with E-state index >= 15 is 0 Å². The fourth-order valence-electron chi connectivity index (χ4n) is 1.68.